The molecule has 3 rings (SSSR count). The lowest BCUT2D eigenvalue weighted by atomic mass is 10.1. The molecule has 0 aliphatic heterocycles. The van der Waals surface area contributed by atoms with E-state index in [1.54, 1.807) is 37.4 Å². The molecule has 2 N–H and O–H groups in total. The molecule has 31 heavy (non-hydrogen) atoms. The maximum atomic E-state index is 12.6. The zero-order valence-electron chi connectivity index (χ0n) is 17.3. The van der Waals surface area contributed by atoms with Crippen LogP contribution in [0.15, 0.2) is 77.7 Å². The molecule has 0 aromatic heterocycles. The van der Waals surface area contributed by atoms with Crippen LogP contribution in [0, 0.1) is 0 Å². The van der Waals surface area contributed by atoms with E-state index in [2.05, 4.69) is 10.0 Å². The van der Waals surface area contributed by atoms with Gasteiger partial charge in [-0.3, -0.25) is 9.52 Å². The van der Waals surface area contributed by atoms with Crippen LogP contribution in [-0.4, -0.2) is 35.1 Å². The van der Waals surface area contributed by atoms with E-state index in [1.807, 2.05) is 24.3 Å². The molecule has 0 fully saturated rings. The zero-order chi connectivity index (χ0) is 22.3. The Kier molecular flexibility index (Phi) is 7.15. The maximum Gasteiger partial charge on any atom is 0.261 e. The lowest BCUT2D eigenvalue weighted by Crippen LogP contribution is -2.25. The average molecular weight is 441 g/mol. The monoisotopic (exact) mass is 440 g/mol. The number of anilines is 1. The average Bonchev–Trinajstić information content (AvgIpc) is 2.79. The number of methoxy groups -OCH3 is 2. The SMILES string of the molecule is COc1ccc(CCNC(=O)c2cccc(NS(=O)(=O)c3ccc(OC)cc3)c2)cc1. The molecule has 0 radical (unpaired) electrons. The third kappa shape index (κ3) is 5.99. The van der Waals surface area contributed by atoms with Gasteiger partial charge in [0.25, 0.3) is 15.9 Å². The Labute approximate surface area is 182 Å². The molecule has 7 nitrogen and oxygen atoms in total. The summed E-state index contributed by atoms with van der Waals surface area (Å²) in [5, 5.41) is 2.85. The number of amides is 1. The van der Waals surface area contributed by atoms with Gasteiger partial charge in [0.2, 0.25) is 0 Å². The standard InChI is InChI=1S/C23H24N2O5S/c1-29-20-8-6-17(7-9-20)14-15-24-23(26)18-4-3-5-19(16-18)25-31(27,28)22-12-10-21(30-2)11-13-22/h3-13,16,25H,14-15H2,1-2H3,(H,24,26). The Balaban J connectivity index is 1.61. The van der Waals surface area contributed by atoms with Crippen LogP contribution in [0.5, 0.6) is 11.5 Å². The van der Waals surface area contributed by atoms with Crippen LogP contribution in [0.1, 0.15) is 15.9 Å². The molecule has 3 aromatic carbocycles. The first-order chi connectivity index (χ1) is 14.9. The Hall–Kier alpha value is -3.52. The van der Waals surface area contributed by atoms with Crippen molar-refractivity contribution in [2.24, 2.45) is 0 Å². The van der Waals surface area contributed by atoms with E-state index in [-0.39, 0.29) is 10.8 Å². The highest BCUT2D eigenvalue weighted by Gasteiger charge is 2.15. The fourth-order valence-corrected chi connectivity index (χ4v) is 3.96. The van der Waals surface area contributed by atoms with Crippen molar-refractivity contribution in [2.75, 3.05) is 25.5 Å². The smallest absolute Gasteiger partial charge is 0.261 e. The fraction of sp³-hybridized carbons (Fsp3) is 0.174. The minimum atomic E-state index is -3.79. The van der Waals surface area contributed by atoms with Crippen molar-refractivity contribution in [1.82, 2.24) is 5.32 Å². The van der Waals surface area contributed by atoms with Gasteiger partial charge in [0.1, 0.15) is 11.5 Å². The molecular formula is C23H24N2O5S. The summed E-state index contributed by atoms with van der Waals surface area (Å²) in [6.07, 6.45) is 0.666. The molecule has 162 valence electrons. The molecule has 3 aromatic rings. The van der Waals surface area contributed by atoms with Crippen molar-refractivity contribution in [2.45, 2.75) is 11.3 Å². The molecule has 0 bridgehead atoms. The lowest BCUT2D eigenvalue weighted by molar-refractivity contribution is 0.0954. The van der Waals surface area contributed by atoms with Crippen LogP contribution in [0.4, 0.5) is 5.69 Å². The van der Waals surface area contributed by atoms with Crippen molar-refractivity contribution in [3.05, 3.63) is 83.9 Å². The van der Waals surface area contributed by atoms with E-state index in [9.17, 15) is 13.2 Å². The molecular weight excluding hydrogens is 416 g/mol. The number of hydrogen-bond acceptors (Lipinski definition) is 5. The van der Waals surface area contributed by atoms with Crippen LogP contribution in [0.25, 0.3) is 0 Å². The Bertz CT molecular complexity index is 1130. The predicted octanol–water partition coefficient (Wildman–Crippen LogP) is 3.48. The van der Waals surface area contributed by atoms with Crippen molar-refractivity contribution in [3.63, 3.8) is 0 Å². The second-order valence-electron chi connectivity index (χ2n) is 6.72. The first kappa shape index (κ1) is 22.2. The minimum Gasteiger partial charge on any atom is -0.497 e. The van der Waals surface area contributed by atoms with Gasteiger partial charge in [-0.15, -0.1) is 0 Å². The van der Waals surface area contributed by atoms with Gasteiger partial charge in [-0.05, 0) is 66.6 Å². The Morgan fingerprint density at radius 2 is 1.48 bits per heavy atom. The number of rotatable bonds is 9. The molecule has 1 amide bonds. The van der Waals surface area contributed by atoms with E-state index in [0.29, 0.717) is 30.0 Å². The number of carbonyl (C=O) groups excluding carboxylic acids is 1. The highest BCUT2D eigenvalue weighted by molar-refractivity contribution is 7.92. The van der Waals surface area contributed by atoms with Crippen molar-refractivity contribution in [1.29, 1.82) is 0 Å². The van der Waals surface area contributed by atoms with Crippen LogP contribution in [-0.2, 0) is 16.4 Å². The van der Waals surface area contributed by atoms with E-state index in [4.69, 9.17) is 9.47 Å². The molecule has 0 atom stereocenters. The summed E-state index contributed by atoms with van der Waals surface area (Å²) >= 11 is 0. The number of hydrogen-bond donors (Lipinski definition) is 2. The molecule has 0 saturated heterocycles. The van der Waals surface area contributed by atoms with Crippen LogP contribution < -0.4 is 19.5 Å². The van der Waals surface area contributed by atoms with Crippen molar-refractivity contribution >= 4 is 21.6 Å². The maximum absolute atomic E-state index is 12.6. The predicted molar refractivity (Wildman–Crippen MR) is 119 cm³/mol. The fourth-order valence-electron chi connectivity index (χ4n) is 2.91. The first-order valence-corrected chi connectivity index (χ1v) is 11.1. The summed E-state index contributed by atoms with van der Waals surface area (Å²) in [6.45, 7) is 0.451. The van der Waals surface area contributed by atoms with E-state index < -0.39 is 10.0 Å². The molecule has 0 aliphatic carbocycles. The molecule has 0 saturated carbocycles. The largest absolute Gasteiger partial charge is 0.497 e. The molecule has 0 heterocycles. The number of benzene rings is 3. The second-order valence-corrected chi connectivity index (χ2v) is 8.40. The van der Waals surface area contributed by atoms with Crippen LogP contribution in [0.3, 0.4) is 0 Å². The summed E-state index contributed by atoms with van der Waals surface area (Å²) in [5.74, 6) is 1.06. The Morgan fingerprint density at radius 1 is 0.871 bits per heavy atom. The summed E-state index contributed by atoms with van der Waals surface area (Å²) in [6, 6.07) is 20.0. The van der Waals surface area contributed by atoms with Gasteiger partial charge in [0.15, 0.2) is 0 Å². The van der Waals surface area contributed by atoms with Crippen LogP contribution in [0.2, 0.25) is 0 Å². The third-order valence-corrected chi connectivity index (χ3v) is 6.00. The van der Waals surface area contributed by atoms with Gasteiger partial charge in [0, 0.05) is 17.8 Å². The Morgan fingerprint density at radius 3 is 2.10 bits per heavy atom. The van der Waals surface area contributed by atoms with Gasteiger partial charge in [-0.2, -0.15) is 0 Å². The summed E-state index contributed by atoms with van der Waals surface area (Å²) in [7, 11) is -0.666. The summed E-state index contributed by atoms with van der Waals surface area (Å²) < 4.78 is 37.9. The van der Waals surface area contributed by atoms with Gasteiger partial charge in [-0.1, -0.05) is 18.2 Å². The minimum absolute atomic E-state index is 0.0997. The van der Waals surface area contributed by atoms with Gasteiger partial charge < -0.3 is 14.8 Å². The number of nitrogens with one attached hydrogen (secondary N) is 2. The molecule has 0 aliphatic rings. The highest BCUT2D eigenvalue weighted by atomic mass is 32.2. The topological polar surface area (TPSA) is 93.7 Å². The van der Waals surface area contributed by atoms with E-state index in [0.717, 1.165) is 11.3 Å². The third-order valence-electron chi connectivity index (χ3n) is 4.60. The number of sulfonamides is 1. The van der Waals surface area contributed by atoms with E-state index >= 15 is 0 Å². The van der Waals surface area contributed by atoms with Gasteiger partial charge >= 0.3 is 0 Å². The molecule has 0 spiro atoms. The van der Waals surface area contributed by atoms with Crippen molar-refractivity contribution < 1.29 is 22.7 Å². The first-order valence-electron chi connectivity index (χ1n) is 9.59. The van der Waals surface area contributed by atoms with Crippen molar-refractivity contribution in [3.8, 4) is 11.5 Å². The zero-order valence-corrected chi connectivity index (χ0v) is 18.1. The van der Waals surface area contributed by atoms with Gasteiger partial charge in [0.05, 0.1) is 19.1 Å². The van der Waals surface area contributed by atoms with Crippen LogP contribution >= 0.6 is 0 Å². The summed E-state index contributed by atoms with van der Waals surface area (Å²) in [5.41, 5.74) is 1.74. The second kappa shape index (κ2) is 9.99. The highest BCUT2D eigenvalue weighted by Crippen LogP contribution is 2.20. The van der Waals surface area contributed by atoms with E-state index in [1.165, 1.54) is 25.3 Å². The normalized spacial score (nSPS) is 10.9. The number of carbonyl (C=O) groups is 1. The molecule has 0 unspecified atom stereocenters. The quantitative estimate of drug-likeness (QED) is 0.531. The lowest BCUT2D eigenvalue weighted by Gasteiger charge is -2.11. The summed E-state index contributed by atoms with van der Waals surface area (Å²) in [4.78, 5) is 12.6. The molecule has 8 heteroatoms. The number of ether oxygens (including phenoxy) is 2. The van der Waals surface area contributed by atoms with Gasteiger partial charge in [-0.25, -0.2) is 8.42 Å².